The summed E-state index contributed by atoms with van der Waals surface area (Å²) in [5.74, 6) is 0.587. The van der Waals surface area contributed by atoms with Crippen molar-refractivity contribution < 1.29 is 18.6 Å². The van der Waals surface area contributed by atoms with Crippen LogP contribution in [0.15, 0.2) is 42.6 Å². The molecule has 0 radical (unpaired) electrons. The summed E-state index contributed by atoms with van der Waals surface area (Å²) in [6.07, 6.45) is 3.77. The number of rotatable bonds is 13. The standard InChI is InChI=1S/C20H27FN2O3/c1-22-19-7-4-17(5-8-19)2-3-18-6-9-20(23-16-18)26-15-14-25-13-12-24-11-10-21/h4-9,16,22H,2-3,10-15H2,1H3. The lowest BCUT2D eigenvalue weighted by atomic mass is 10.1. The lowest BCUT2D eigenvalue weighted by molar-refractivity contribution is 0.0320. The van der Waals surface area contributed by atoms with E-state index in [0.29, 0.717) is 32.3 Å². The highest BCUT2D eigenvalue weighted by atomic mass is 19.1. The fourth-order valence-corrected chi connectivity index (χ4v) is 2.35. The Labute approximate surface area is 154 Å². The van der Waals surface area contributed by atoms with Crippen molar-refractivity contribution in [3.63, 3.8) is 0 Å². The van der Waals surface area contributed by atoms with Crippen molar-refractivity contribution in [1.82, 2.24) is 4.98 Å². The van der Waals surface area contributed by atoms with Crippen molar-refractivity contribution in [2.45, 2.75) is 12.8 Å². The molecule has 0 spiro atoms. The van der Waals surface area contributed by atoms with Gasteiger partial charge in [0.25, 0.3) is 0 Å². The van der Waals surface area contributed by atoms with Crippen LogP contribution < -0.4 is 10.1 Å². The molecule has 0 aliphatic heterocycles. The van der Waals surface area contributed by atoms with E-state index in [1.165, 1.54) is 11.1 Å². The predicted octanol–water partition coefficient (Wildman–Crippen LogP) is 3.29. The highest BCUT2D eigenvalue weighted by Gasteiger charge is 2.00. The minimum absolute atomic E-state index is 0.122. The number of alkyl halides is 1. The molecule has 142 valence electrons. The zero-order valence-electron chi connectivity index (χ0n) is 15.2. The quantitative estimate of drug-likeness (QED) is 0.554. The molecule has 1 aromatic heterocycles. The Hall–Kier alpha value is -2.18. The van der Waals surface area contributed by atoms with Crippen molar-refractivity contribution in [2.75, 3.05) is 52.1 Å². The maximum absolute atomic E-state index is 11.8. The third-order valence-electron chi connectivity index (χ3n) is 3.81. The largest absolute Gasteiger partial charge is 0.475 e. The Morgan fingerprint density at radius 1 is 0.846 bits per heavy atom. The zero-order valence-corrected chi connectivity index (χ0v) is 15.2. The van der Waals surface area contributed by atoms with Crippen molar-refractivity contribution in [3.05, 3.63) is 53.7 Å². The first-order chi connectivity index (χ1) is 12.8. The number of pyridine rings is 1. The van der Waals surface area contributed by atoms with Gasteiger partial charge in [0, 0.05) is 25.0 Å². The molecule has 0 amide bonds. The van der Waals surface area contributed by atoms with E-state index >= 15 is 0 Å². The Morgan fingerprint density at radius 2 is 1.50 bits per heavy atom. The summed E-state index contributed by atoms with van der Waals surface area (Å²) < 4.78 is 27.6. The van der Waals surface area contributed by atoms with Crippen LogP contribution in [0.3, 0.4) is 0 Å². The number of anilines is 1. The summed E-state index contributed by atoms with van der Waals surface area (Å²) >= 11 is 0. The molecule has 2 aromatic rings. The van der Waals surface area contributed by atoms with Gasteiger partial charge < -0.3 is 19.5 Å². The summed E-state index contributed by atoms with van der Waals surface area (Å²) in [4.78, 5) is 4.32. The molecule has 6 heteroatoms. The van der Waals surface area contributed by atoms with Crippen LogP contribution >= 0.6 is 0 Å². The summed E-state index contributed by atoms with van der Waals surface area (Å²) in [7, 11) is 1.92. The van der Waals surface area contributed by atoms with E-state index in [-0.39, 0.29) is 6.61 Å². The molecule has 0 fully saturated rings. The third kappa shape index (κ3) is 7.80. The first-order valence-corrected chi connectivity index (χ1v) is 8.87. The highest BCUT2D eigenvalue weighted by Crippen LogP contribution is 2.13. The van der Waals surface area contributed by atoms with Crippen molar-refractivity contribution >= 4 is 5.69 Å². The van der Waals surface area contributed by atoms with Crippen LogP contribution in [0.5, 0.6) is 5.88 Å². The van der Waals surface area contributed by atoms with Crippen molar-refractivity contribution in [1.29, 1.82) is 0 Å². The third-order valence-corrected chi connectivity index (χ3v) is 3.81. The Balaban J connectivity index is 1.61. The van der Waals surface area contributed by atoms with Gasteiger partial charge in [0.1, 0.15) is 13.3 Å². The zero-order chi connectivity index (χ0) is 18.5. The molecule has 0 bridgehead atoms. The van der Waals surface area contributed by atoms with Crippen LogP contribution in [0.25, 0.3) is 0 Å². The Kier molecular flexibility index (Phi) is 9.46. The number of aryl methyl sites for hydroxylation is 2. The lowest BCUT2D eigenvalue weighted by Crippen LogP contribution is -2.11. The molecule has 0 unspecified atom stereocenters. The first-order valence-electron chi connectivity index (χ1n) is 8.87. The second-order valence-electron chi connectivity index (χ2n) is 5.71. The number of aromatic nitrogens is 1. The molecule has 1 heterocycles. The number of hydrogen-bond acceptors (Lipinski definition) is 5. The monoisotopic (exact) mass is 362 g/mol. The second-order valence-corrected chi connectivity index (χ2v) is 5.71. The fraction of sp³-hybridized carbons (Fsp3) is 0.450. The van der Waals surface area contributed by atoms with Gasteiger partial charge in [-0.15, -0.1) is 0 Å². The van der Waals surface area contributed by atoms with E-state index in [4.69, 9.17) is 14.2 Å². The van der Waals surface area contributed by atoms with Gasteiger partial charge >= 0.3 is 0 Å². The van der Waals surface area contributed by atoms with Crippen LogP contribution in [0.2, 0.25) is 0 Å². The van der Waals surface area contributed by atoms with E-state index in [9.17, 15) is 4.39 Å². The molecule has 0 saturated carbocycles. The smallest absolute Gasteiger partial charge is 0.213 e. The SMILES string of the molecule is CNc1ccc(CCc2ccc(OCCOCCOCCF)nc2)cc1. The molecule has 0 aliphatic rings. The number of benzene rings is 1. The molecule has 0 atom stereocenters. The molecule has 1 N–H and O–H groups in total. The van der Waals surface area contributed by atoms with Crippen molar-refractivity contribution in [2.24, 2.45) is 0 Å². The Morgan fingerprint density at radius 3 is 2.15 bits per heavy atom. The average molecular weight is 362 g/mol. The fourth-order valence-electron chi connectivity index (χ4n) is 2.35. The predicted molar refractivity (Wildman–Crippen MR) is 101 cm³/mol. The minimum Gasteiger partial charge on any atom is -0.475 e. The minimum atomic E-state index is -0.465. The molecular formula is C20H27FN2O3. The summed E-state index contributed by atoms with van der Waals surface area (Å²) in [6.45, 7) is 1.36. The maximum Gasteiger partial charge on any atom is 0.213 e. The van der Waals surface area contributed by atoms with Crippen LogP contribution in [-0.4, -0.2) is 51.7 Å². The van der Waals surface area contributed by atoms with E-state index < -0.39 is 6.67 Å². The van der Waals surface area contributed by atoms with Crippen LogP contribution in [0.4, 0.5) is 10.1 Å². The topological polar surface area (TPSA) is 52.6 Å². The molecule has 1 aromatic carbocycles. The molecule has 5 nitrogen and oxygen atoms in total. The number of nitrogens with zero attached hydrogens (tertiary/aromatic N) is 1. The van der Waals surface area contributed by atoms with Gasteiger partial charge in [0.15, 0.2) is 0 Å². The van der Waals surface area contributed by atoms with Gasteiger partial charge in [0.2, 0.25) is 5.88 Å². The van der Waals surface area contributed by atoms with Crippen LogP contribution in [0.1, 0.15) is 11.1 Å². The van der Waals surface area contributed by atoms with E-state index in [1.54, 1.807) is 0 Å². The number of ether oxygens (including phenoxy) is 3. The Bertz CT molecular complexity index is 605. The van der Waals surface area contributed by atoms with Gasteiger partial charge in [-0.3, -0.25) is 0 Å². The van der Waals surface area contributed by atoms with Gasteiger partial charge in [-0.2, -0.15) is 0 Å². The van der Waals surface area contributed by atoms with Crippen molar-refractivity contribution in [3.8, 4) is 5.88 Å². The van der Waals surface area contributed by atoms with Crippen LogP contribution in [0, 0.1) is 0 Å². The molecule has 0 aliphatic carbocycles. The number of hydrogen-bond donors (Lipinski definition) is 1. The summed E-state index contributed by atoms with van der Waals surface area (Å²) in [5.41, 5.74) is 3.60. The summed E-state index contributed by atoms with van der Waals surface area (Å²) in [5, 5.41) is 3.12. The number of halogens is 1. The number of nitrogens with one attached hydrogen (secondary N) is 1. The van der Waals surface area contributed by atoms with Gasteiger partial charge in [0.05, 0.1) is 26.4 Å². The van der Waals surface area contributed by atoms with Crippen LogP contribution in [-0.2, 0) is 22.3 Å². The van der Waals surface area contributed by atoms with E-state index in [0.717, 1.165) is 18.5 Å². The summed E-state index contributed by atoms with van der Waals surface area (Å²) in [6, 6.07) is 12.4. The average Bonchev–Trinajstić information content (AvgIpc) is 2.69. The maximum atomic E-state index is 11.8. The first kappa shape index (κ1) is 20.1. The van der Waals surface area contributed by atoms with Gasteiger partial charge in [-0.25, -0.2) is 9.37 Å². The van der Waals surface area contributed by atoms with E-state index in [1.807, 2.05) is 25.4 Å². The molecular weight excluding hydrogens is 335 g/mol. The van der Waals surface area contributed by atoms with Gasteiger partial charge in [-0.05, 0) is 36.1 Å². The second kappa shape index (κ2) is 12.2. The van der Waals surface area contributed by atoms with Gasteiger partial charge in [-0.1, -0.05) is 18.2 Å². The highest BCUT2D eigenvalue weighted by molar-refractivity contribution is 5.43. The lowest BCUT2D eigenvalue weighted by Gasteiger charge is -2.08. The van der Waals surface area contributed by atoms with E-state index in [2.05, 4.69) is 34.6 Å². The molecule has 0 saturated heterocycles. The normalized spacial score (nSPS) is 10.7. The molecule has 2 rings (SSSR count). The molecule has 26 heavy (non-hydrogen) atoms.